The Labute approximate surface area is 152 Å². The normalized spacial score (nSPS) is 17.3. The fraction of sp³-hybridized carbons (Fsp3) is 0.375. The second-order valence-corrected chi connectivity index (χ2v) is 7.60. The predicted molar refractivity (Wildman–Crippen MR) is 97.1 cm³/mol. The number of aryl methyl sites for hydroxylation is 1. The monoisotopic (exact) mass is 408 g/mol. The summed E-state index contributed by atoms with van der Waals surface area (Å²) < 4.78 is 0.950. The van der Waals surface area contributed by atoms with Gasteiger partial charge in [0.1, 0.15) is 5.01 Å². The molecular formula is C16H17BrN4O2S. The van der Waals surface area contributed by atoms with Crippen LogP contribution in [0, 0.1) is 5.92 Å². The first-order valence-corrected chi connectivity index (χ1v) is 9.37. The molecule has 0 spiro atoms. The summed E-state index contributed by atoms with van der Waals surface area (Å²) in [4.78, 5) is 26.3. The number of hydrogen-bond donors (Lipinski definition) is 1. The van der Waals surface area contributed by atoms with Gasteiger partial charge in [-0.1, -0.05) is 34.2 Å². The molecule has 0 bridgehead atoms. The molecule has 126 valence electrons. The van der Waals surface area contributed by atoms with E-state index in [0.29, 0.717) is 11.7 Å². The number of halogens is 1. The van der Waals surface area contributed by atoms with E-state index >= 15 is 0 Å². The van der Waals surface area contributed by atoms with E-state index in [-0.39, 0.29) is 24.2 Å². The molecule has 0 aliphatic carbocycles. The molecule has 2 heterocycles. The van der Waals surface area contributed by atoms with Gasteiger partial charge in [0.05, 0.1) is 5.92 Å². The summed E-state index contributed by atoms with van der Waals surface area (Å²) in [6.45, 7) is 2.45. The fourth-order valence-electron chi connectivity index (χ4n) is 2.58. The topological polar surface area (TPSA) is 75.2 Å². The molecule has 1 aliphatic rings. The van der Waals surface area contributed by atoms with Crippen LogP contribution in [-0.4, -0.2) is 28.6 Å². The van der Waals surface area contributed by atoms with Gasteiger partial charge >= 0.3 is 0 Å². The van der Waals surface area contributed by atoms with Gasteiger partial charge in [-0.25, -0.2) is 0 Å². The molecule has 1 saturated heterocycles. The Morgan fingerprint density at radius 2 is 2.12 bits per heavy atom. The lowest BCUT2D eigenvalue weighted by Gasteiger charge is -2.16. The van der Waals surface area contributed by atoms with Gasteiger partial charge in [0.2, 0.25) is 16.9 Å². The third-order valence-electron chi connectivity index (χ3n) is 3.79. The number of hydrogen-bond acceptors (Lipinski definition) is 5. The summed E-state index contributed by atoms with van der Waals surface area (Å²) >= 11 is 4.76. The van der Waals surface area contributed by atoms with Crippen LogP contribution in [0.1, 0.15) is 24.8 Å². The quantitative estimate of drug-likeness (QED) is 0.823. The van der Waals surface area contributed by atoms with Crippen LogP contribution >= 0.6 is 27.3 Å². The molecule has 6 nitrogen and oxygen atoms in total. The van der Waals surface area contributed by atoms with Crippen LogP contribution in [0.4, 0.5) is 10.8 Å². The highest BCUT2D eigenvalue weighted by Gasteiger charge is 2.35. The Morgan fingerprint density at radius 3 is 2.83 bits per heavy atom. The number of carbonyl (C=O) groups excluding carboxylic acids is 2. The Morgan fingerprint density at radius 1 is 1.38 bits per heavy atom. The van der Waals surface area contributed by atoms with E-state index in [0.717, 1.165) is 28.0 Å². The number of carbonyl (C=O) groups is 2. The van der Waals surface area contributed by atoms with Crippen molar-refractivity contribution in [3.63, 3.8) is 0 Å². The summed E-state index contributed by atoms with van der Waals surface area (Å²) in [5.74, 6) is -0.594. The smallest absolute Gasteiger partial charge is 0.231 e. The SMILES string of the molecule is CCCc1nnc(NC(=O)C2CC(=O)N(c3ccc(Br)cc3)C2)s1. The highest BCUT2D eigenvalue weighted by Crippen LogP contribution is 2.27. The zero-order chi connectivity index (χ0) is 17.1. The van der Waals surface area contributed by atoms with Crippen LogP contribution < -0.4 is 10.2 Å². The number of nitrogens with one attached hydrogen (secondary N) is 1. The Balaban J connectivity index is 1.64. The van der Waals surface area contributed by atoms with Crippen LogP contribution in [0.3, 0.4) is 0 Å². The minimum absolute atomic E-state index is 0.0404. The van der Waals surface area contributed by atoms with Crippen molar-refractivity contribution in [1.29, 1.82) is 0 Å². The molecular weight excluding hydrogens is 392 g/mol. The lowest BCUT2D eigenvalue weighted by molar-refractivity contribution is -0.122. The number of anilines is 2. The minimum Gasteiger partial charge on any atom is -0.312 e. The van der Waals surface area contributed by atoms with Gasteiger partial charge in [0.25, 0.3) is 0 Å². The van der Waals surface area contributed by atoms with Crippen molar-refractivity contribution in [2.45, 2.75) is 26.2 Å². The number of amides is 2. The zero-order valence-corrected chi connectivity index (χ0v) is 15.6. The first-order valence-electron chi connectivity index (χ1n) is 7.76. The van der Waals surface area contributed by atoms with Gasteiger partial charge < -0.3 is 10.2 Å². The molecule has 24 heavy (non-hydrogen) atoms. The van der Waals surface area contributed by atoms with E-state index in [9.17, 15) is 9.59 Å². The van der Waals surface area contributed by atoms with Crippen LogP contribution in [0.15, 0.2) is 28.7 Å². The van der Waals surface area contributed by atoms with E-state index < -0.39 is 0 Å². The summed E-state index contributed by atoms with van der Waals surface area (Å²) in [7, 11) is 0. The van der Waals surface area contributed by atoms with Gasteiger partial charge in [0, 0.05) is 29.5 Å². The van der Waals surface area contributed by atoms with Crippen molar-refractivity contribution in [2.75, 3.05) is 16.8 Å². The van der Waals surface area contributed by atoms with Gasteiger partial charge in [-0.3, -0.25) is 9.59 Å². The van der Waals surface area contributed by atoms with Gasteiger partial charge in [0.15, 0.2) is 0 Å². The summed E-state index contributed by atoms with van der Waals surface area (Å²) in [5.41, 5.74) is 0.805. The molecule has 8 heteroatoms. The average molecular weight is 409 g/mol. The van der Waals surface area contributed by atoms with Crippen molar-refractivity contribution in [2.24, 2.45) is 5.92 Å². The van der Waals surface area contributed by atoms with Crippen molar-refractivity contribution in [3.05, 3.63) is 33.7 Å². The number of aromatic nitrogens is 2. The zero-order valence-electron chi connectivity index (χ0n) is 13.2. The van der Waals surface area contributed by atoms with Crippen LogP contribution in [0.2, 0.25) is 0 Å². The maximum absolute atomic E-state index is 12.4. The summed E-state index contributed by atoms with van der Waals surface area (Å²) in [6, 6.07) is 7.49. The number of rotatable bonds is 5. The molecule has 1 fully saturated rings. The highest BCUT2D eigenvalue weighted by atomic mass is 79.9. The van der Waals surface area contributed by atoms with Crippen LogP contribution in [0.5, 0.6) is 0 Å². The molecule has 0 saturated carbocycles. The molecule has 1 aromatic heterocycles. The van der Waals surface area contributed by atoms with E-state index in [2.05, 4.69) is 38.4 Å². The average Bonchev–Trinajstić information content (AvgIpc) is 3.15. The molecule has 2 amide bonds. The Hall–Kier alpha value is -1.80. The van der Waals surface area contributed by atoms with Crippen LogP contribution in [-0.2, 0) is 16.0 Å². The van der Waals surface area contributed by atoms with E-state index in [1.807, 2.05) is 24.3 Å². The molecule has 0 radical (unpaired) electrons. The predicted octanol–water partition coefficient (Wildman–Crippen LogP) is 3.24. The summed E-state index contributed by atoms with van der Waals surface area (Å²) in [6.07, 6.45) is 2.05. The van der Waals surface area contributed by atoms with Crippen molar-refractivity contribution in [1.82, 2.24) is 10.2 Å². The standard InChI is InChI=1S/C16H17BrN4O2S/c1-2-3-13-19-20-16(24-13)18-15(23)10-8-14(22)21(9-10)12-6-4-11(17)5-7-12/h4-7,10H,2-3,8-9H2,1H3,(H,18,20,23). The van der Waals surface area contributed by atoms with Crippen LogP contribution in [0.25, 0.3) is 0 Å². The molecule has 1 aliphatic heterocycles. The molecule has 1 unspecified atom stereocenters. The first-order chi connectivity index (χ1) is 11.6. The number of nitrogens with zero attached hydrogens (tertiary/aromatic N) is 3. The maximum atomic E-state index is 12.4. The third kappa shape index (κ3) is 3.81. The molecule has 1 N–H and O–H groups in total. The van der Waals surface area contributed by atoms with E-state index in [4.69, 9.17) is 0 Å². The van der Waals surface area contributed by atoms with Gasteiger partial charge in [-0.05, 0) is 30.7 Å². The first kappa shape index (κ1) is 17.0. The number of benzene rings is 1. The largest absolute Gasteiger partial charge is 0.312 e. The second-order valence-electron chi connectivity index (χ2n) is 5.62. The maximum Gasteiger partial charge on any atom is 0.231 e. The third-order valence-corrected chi connectivity index (χ3v) is 5.22. The Bertz CT molecular complexity index is 747. The summed E-state index contributed by atoms with van der Waals surface area (Å²) in [5, 5.41) is 12.2. The second kappa shape index (κ2) is 7.40. The fourth-order valence-corrected chi connectivity index (χ4v) is 3.69. The molecule has 3 rings (SSSR count). The minimum atomic E-state index is -0.375. The molecule has 1 aromatic carbocycles. The van der Waals surface area contributed by atoms with E-state index in [1.165, 1.54) is 11.3 Å². The van der Waals surface area contributed by atoms with Crippen molar-refractivity contribution >= 4 is 49.9 Å². The van der Waals surface area contributed by atoms with E-state index in [1.54, 1.807) is 4.90 Å². The highest BCUT2D eigenvalue weighted by molar-refractivity contribution is 9.10. The van der Waals surface area contributed by atoms with Gasteiger partial charge in [-0.15, -0.1) is 10.2 Å². The van der Waals surface area contributed by atoms with Gasteiger partial charge in [-0.2, -0.15) is 0 Å². The lowest BCUT2D eigenvalue weighted by Crippen LogP contribution is -2.28. The Kier molecular flexibility index (Phi) is 5.25. The van der Waals surface area contributed by atoms with Crippen molar-refractivity contribution < 1.29 is 9.59 Å². The van der Waals surface area contributed by atoms with Crippen molar-refractivity contribution in [3.8, 4) is 0 Å². The molecule has 2 aromatic rings. The lowest BCUT2D eigenvalue weighted by atomic mass is 10.1. The molecule has 1 atom stereocenters.